The molecule has 1 aromatic heterocycles. The number of aryl methyl sites for hydroxylation is 1. The number of carbonyl (C=O) groups excluding carboxylic acids is 1. The lowest BCUT2D eigenvalue weighted by molar-refractivity contribution is -0.617. The van der Waals surface area contributed by atoms with Crippen molar-refractivity contribution in [2.45, 2.75) is 0 Å². The number of hydrogen-bond donors (Lipinski definition) is 0. The number of benzene rings is 3. The molecule has 0 atom stereocenters. The van der Waals surface area contributed by atoms with Crippen LogP contribution in [0.3, 0.4) is 0 Å². The zero-order valence-corrected chi connectivity index (χ0v) is 13.4. The van der Waals surface area contributed by atoms with Gasteiger partial charge in [-0.2, -0.15) is 4.57 Å². The third-order valence-corrected chi connectivity index (χ3v) is 4.53. The fourth-order valence-corrected chi connectivity index (χ4v) is 3.34. The first-order chi connectivity index (χ1) is 11.6. The van der Waals surface area contributed by atoms with Crippen molar-refractivity contribution in [3.05, 3.63) is 60.2 Å². The maximum absolute atomic E-state index is 11.9. The van der Waals surface area contributed by atoms with Crippen LogP contribution in [0.5, 0.6) is 5.75 Å². The van der Waals surface area contributed by atoms with Crippen molar-refractivity contribution >= 4 is 38.5 Å². The maximum Gasteiger partial charge on any atom is 0.214 e. The van der Waals surface area contributed by atoms with E-state index in [2.05, 4.69) is 0 Å². The van der Waals surface area contributed by atoms with Gasteiger partial charge in [-0.05, 0) is 29.0 Å². The Morgan fingerprint density at radius 2 is 1.62 bits per heavy atom. The largest absolute Gasteiger partial charge is 0.545 e. The van der Waals surface area contributed by atoms with E-state index in [4.69, 9.17) is 4.74 Å². The number of pyridine rings is 1. The Bertz CT molecular complexity index is 1130. The molecule has 4 aromatic rings. The monoisotopic (exact) mass is 317 g/mol. The zero-order valence-electron chi connectivity index (χ0n) is 13.4. The van der Waals surface area contributed by atoms with E-state index in [0.29, 0.717) is 16.5 Å². The number of carbonyl (C=O) groups is 1. The molecule has 0 spiro atoms. The highest BCUT2D eigenvalue weighted by Crippen LogP contribution is 2.30. The fourth-order valence-electron chi connectivity index (χ4n) is 3.34. The summed E-state index contributed by atoms with van der Waals surface area (Å²) in [5, 5.41) is 15.3. The molecule has 3 aromatic carbocycles. The molecular formula is C20H15NO3. The molecule has 0 unspecified atom stereocenters. The van der Waals surface area contributed by atoms with Crippen LogP contribution in [-0.2, 0) is 7.05 Å². The van der Waals surface area contributed by atoms with Crippen molar-refractivity contribution in [2.24, 2.45) is 7.05 Å². The summed E-state index contributed by atoms with van der Waals surface area (Å²) >= 11 is 0. The molecule has 1 heterocycles. The van der Waals surface area contributed by atoms with Gasteiger partial charge < -0.3 is 14.6 Å². The second-order valence-corrected chi connectivity index (χ2v) is 5.82. The molecular weight excluding hydrogens is 302 g/mol. The zero-order chi connectivity index (χ0) is 16.8. The van der Waals surface area contributed by atoms with Gasteiger partial charge in [0.05, 0.1) is 23.9 Å². The number of nitrogens with zero attached hydrogens (tertiary/aromatic N) is 1. The number of rotatable bonds is 2. The first-order valence-corrected chi connectivity index (χ1v) is 7.64. The van der Waals surface area contributed by atoms with Crippen LogP contribution < -0.4 is 14.4 Å². The molecule has 0 saturated carbocycles. The topological polar surface area (TPSA) is 53.2 Å². The van der Waals surface area contributed by atoms with Gasteiger partial charge in [-0.15, -0.1) is 0 Å². The van der Waals surface area contributed by atoms with Gasteiger partial charge in [-0.3, -0.25) is 0 Å². The normalized spacial score (nSPS) is 11.2. The molecule has 0 aliphatic rings. The van der Waals surface area contributed by atoms with Crippen LogP contribution in [0.4, 0.5) is 0 Å². The van der Waals surface area contributed by atoms with E-state index in [1.54, 1.807) is 13.2 Å². The molecule has 0 radical (unpaired) electrons. The molecule has 4 heteroatoms. The second kappa shape index (κ2) is 5.20. The maximum atomic E-state index is 11.9. The molecule has 4 nitrogen and oxygen atoms in total. The number of aromatic carboxylic acids is 1. The average Bonchev–Trinajstić information content (AvgIpc) is 2.60. The van der Waals surface area contributed by atoms with Gasteiger partial charge in [0.25, 0.3) is 0 Å². The van der Waals surface area contributed by atoms with Gasteiger partial charge in [0.15, 0.2) is 0 Å². The van der Waals surface area contributed by atoms with Crippen molar-refractivity contribution in [2.75, 3.05) is 7.11 Å². The predicted molar refractivity (Wildman–Crippen MR) is 91.0 cm³/mol. The Kier molecular flexibility index (Phi) is 3.13. The lowest BCUT2D eigenvalue weighted by Gasteiger charge is -2.12. The number of carboxylic acid groups (broad SMARTS) is 1. The number of aromatic nitrogens is 1. The van der Waals surface area contributed by atoms with Crippen LogP contribution in [0.1, 0.15) is 10.4 Å². The third kappa shape index (κ3) is 2.00. The lowest BCUT2D eigenvalue weighted by atomic mass is 9.98. The van der Waals surface area contributed by atoms with Crippen molar-refractivity contribution < 1.29 is 19.2 Å². The minimum absolute atomic E-state index is 0.197. The summed E-state index contributed by atoms with van der Waals surface area (Å²) in [6.45, 7) is 0. The minimum atomic E-state index is -1.19. The van der Waals surface area contributed by atoms with Gasteiger partial charge in [-0.25, -0.2) is 0 Å². The average molecular weight is 317 g/mol. The third-order valence-electron chi connectivity index (χ3n) is 4.53. The summed E-state index contributed by atoms with van der Waals surface area (Å²) in [7, 11) is 3.50. The lowest BCUT2D eigenvalue weighted by Crippen LogP contribution is -2.33. The Balaban J connectivity index is 2.28. The standard InChI is InChI=1S/C20H15NO3/c1-21-17-8-7-14(24-2)11-16(17)19(20(22)23)15-9-12-5-3-4-6-13(12)10-18(15)21/h3-11H,1-2H3. The molecule has 0 amide bonds. The van der Waals surface area contributed by atoms with Gasteiger partial charge >= 0.3 is 0 Å². The molecule has 118 valence electrons. The van der Waals surface area contributed by atoms with Crippen molar-refractivity contribution in [1.82, 2.24) is 0 Å². The Labute approximate surface area is 138 Å². The molecule has 0 N–H and O–H groups in total. The number of methoxy groups -OCH3 is 1. The molecule has 0 aliphatic carbocycles. The van der Waals surface area contributed by atoms with E-state index >= 15 is 0 Å². The minimum Gasteiger partial charge on any atom is -0.545 e. The molecule has 24 heavy (non-hydrogen) atoms. The summed E-state index contributed by atoms with van der Waals surface area (Å²) in [5.41, 5.74) is 1.87. The summed E-state index contributed by atoms with van der Waals surface area (Å²) in [6, 6.07) is 17.3. The summed E-state index contributed by atoms with van der Waals surface area (Å²) in [4.78, 5) is 11.9. The van der Waals surface area contributed by atoms with Crippen LogP contribution in [0, 0.1) is 0 Å². The van der Waals surface area contributed by atoms with Gasteiger partial charge in [0.1, 0.15) is 12.8 Å². The number of ether oxygens (including phenoxy) is 1. The van der Waals surface area contributed by atoms with Gasteiger partial charge in [0.2, 0.25) is 11.0 Å². The highest BCUT2D eigenvalue weighted by molar-refractivity contribution is 6.14. The first kappa shape index (κ1) is 14.5. The number of carboxylic acids is 1. The number of fused-ring (bicyclic) bond motifs is 3. The van der Waals surface area contributed by atoms with E-state index in [1.165, 1.54) is 0 Å². The molecule has 0 fully saturated rings. The molecule has 4 rings (SSSR count). The molecule has 0 saturated heterocycles. The SMILES string of the molecule is COc1ccc2c(c1)c(C(=O)[O-])c1cc3ccccc3cc1[n+]2C. The van der Waals surface area contributed by atoms with Gasteiger partial charge in [-0.1, -0.05) is 24.3 Å². The van der Waals surface area contributed by atoms with E-state index in [9.17, 15) is 9.90 Å². The van der Waals surface area contributed by atoms with Crippen LogP contribution in [0.15, 0.2) is 54.6 Å². The first-order valence-electron chi connectivity index (χ1n) is 7.64. The smallest absolute Gasteiger partial charge is 0.214 e. The summed E-state index contributed by atoms with van der Waals surface area (Å²) in [6.07, 6.45) is 0. The molecule has 0 aliphatic heterocycles. The highest BCUT2D eigenvalue weighted by Gasteiger charge is 2.19. The van der Waals surface area contributed by atoms with E-state index < -0.39 is 5.97 Å². The molecule has 0 bridgehead atoms. The van der Waals surface area contributed by atoms with Crippen molar-refractivity contribution in [3.8, 4) is 5.75 Å². The quantitative estimate of drug-likeness (QED) is 0.421. The van der Waals surface area contributed by atoms with Crippen LogP contribution in [0.2, 0.25) is 0 Å². The van der Waals surface area contributed by atoms with Crippen molar-refractivity contribution in [1.29, 1.82) is 0 Å². The van der Waals surface area contributed by atoms with Gasteiger partial charge in [0, 0.05) is 17.7 Å². The Morgan fingerprint density at radius 1 is 0.958 bits per heavy atom. The van der Waals surface area contributed by atoms with E-state index in [1.807, 2.05) is 60.1 Å². The summed E-state index contributed by atoms with van der Waals surface area (Å²) in [5.74, 6) is -0.570. The Morgan fingerprint density at radius 3 is 2.29 bits per heavy atom. The fraction of sp³-hybridized carbons (Fsp3) is 0.100. The van der Waals surface area contributed by atoms with E-state index in [-0.39, 0.29) is 5.56 Å². The van der Waals surface area contributed by atoms with E-state index in [0.717, 1.165) is 21.8 Å². The summed E-state index contributed by atoms with van der Waals surface area (Å²) < 4.78 is 7.26. The van der Waals surface area contributed by atoms with Crippen LogP contribution in [-0.4, -0.2) is 13.1 Å². The second-order valence-electron chi connectivity index (χ2n) is 5.82. The number of hydrogen-bond acceptors (Lipinski definition) is 3. The van der Waals surface area contributed by atoms with Crippen LogP contribution >= 0.6 is 0 Å². The Hall–Kier alpha value is -3.14. The van der Waals surface area contributed by atoms with Crippen LogP contribution in [0.25, 0.3) is 32.6 Å². The predicted octanol–water partition coefficient (Wildman–Crippen LogP) is 2.34. The van der Waals surface area contributed by atoms with Crippen molar-refractivity contribution in [3.63, 3.8) is 0 Å². The highest BCUT2D eigenvalue weighted by atomic mass is 16.5.